The smallest absolute Gasteiger partial charge is 0.410 e. The molecular weight excluding hydrogens is 476 g/mol. The van der Waals surface area contributed by atoms with E-state index in [0.717, 1.165) is 22.2 Å². The maximum atomic E-state index is 12.8. The van der Waals surface area contributed by atoms with Gasteiger partial charge in [-0.05, 0) is 24.5 Å². The molecule has 11 nitrogen and oxygen atoms in total. The lowest BCUT2D eigenvalue weighted by molar-refractivity contribution is 0.0529. The van der Waals surface area contributed by atoms with Crippen LogP contribution in [0.25, 0.3) is 11.0 Å². The van der Waals surface area contributed by atoms with Gasteiger partial charge in [-0.3, -0.25) is 0 Å². The van der Waals surface area contributed by atoms with Gasteiger partial charge in [0.15, 0.2) is 5.82 Å². The van der Waals surface area contributed by atoms with Gasteiger partial charge in [-0.2, -0.15) is 0 Å². The van der Waals surface area contributed by atoms with Crippen LogP contribution in [-0.4, -0.2) is 62.1 Å². The van der Waals surface area contributed by atoms with Crippen LogP contribution >= 0.6 is 0 Å². The van der Waals surface area contributed by atoms with Crippen LogP contribution < -0.4 is 11.5 Å². The minimum Gasteiger partial charge on any atom is -0.445 e. The fourth-order valence-corrected chi connectivity index (χ4v) is 4.46. The number of anilines is 1. The molecule has 1 aromatic carbocycles. The molecule has 0 fully saturated rings. The first-order valence-corrected chi connectivity index (χ1v) is 12.5. The van der Waals surface area contributed by atoms with Crippen molar-refractivity contribution in [2.75, 3.05) is 32.1 Å². The molecule has 3 aromatic rings. The summed E-state index contributed by atoms with van der Waals surface area (Å²) in [5.41, 5.74) is 16.1. The van der Waals surface area contributed by atoms with Crippen molar-refractivity contribution in [1.29, 1.82) is 0 Å². The number of nitrogens with zero attached hydrogens (tertiary/aromatic N) is 4. The second-order valence-electron chi connectivity index (χ2n) is 9.74. The molecule has 0 unspecified atom stereocenters. The quantitative estimate of drug-likeness (QED) is 0.317. The Morgan fingerprint density at radius 1 is 1.14 bits per heavy atom. The van der Waals surface area contributed by atoms with E-state index < -0.39 is 11.5 Å². The van der Waals surface area contributed by atoms with E-state index in [1.165, 1.54) is 0 Å². The molecule has 1 aliphatic heterocycles. The van der Waals surface area contributed by atoms with E-state index in [4.69, 9.17) is 25.9 Å². The minimum absolute atomic E-state index is 0.163. The normalized spacial score (nSPS) is 13.7. The monoisotopic (exact) mass is 512 g/mol. The number of hydrogen-bond acceptors (Lipinski definition) is 9. The van der Waals surface area contributed by atoms with Gasteiger partial charge < -0.3 is 40.6 Å². The number of aliphatic hydroxyl groups excluding tert-OH is 2. The Kier molecular flexibility index (Phi) is 8.28. The zero-order chi connectivity index (χ0) is 26.6. The maximum absolute atomic E-state index is 12.8. The van der Waals surface area contributed by atoms with E-state index >= 15 is 0 Å². The van der Waals surface area contributed by atoms with Crippen LogP contribution in [0.15, 0.2) is 24.3 Å². The number of ether oxygens (including phenoxy) is 2. The molecule has 1 aliphatic rings. The second kappa shape index (κ2) is 11.4. The van der Waals surface area contributed by atoms with Gasteiger partial charge in [0.25, 0.3) is 0 Å². The molecule has 0 atom stereocenters. The fraction of sp³-hybridized carbons (Fsp3) is 0.500. The van der Waals surface area contributed by atoms with Crippen molar-refractivity contribution in [1.82, 2.24) is 19.4 Å². The standard InChI is InChI=1S/C26H36N6O5/c1-3-36-13-21-30-22-23(32(21)14-26(2,15-33)16-34)19-8-9-31(11-20(19)29-24(22)28)25(35)37-12-18-6-4-17(10-27)5-7-18/h4-7,33-34H,3,8-16,27H2,1-2H3,(H2,28,29). The van der Waals surface area contributed by atoms with Gasteiger partial charge in [0.05, 0.1) is 31.0 Å². The summed E-state index contributed by atoms with van der Waals surface area (Å²) < 4.78 is 13.1. The van der Waals surface area contributed by atoms with Crippen molar-refractivity contribution in [2.45, 2.75) is 53.1 Å². The third-order valence-electron chi connectivity index (χ3n) is 6.77. The van der Waals surface area contributed by atoms with Crippen molar-refractivity contribution in [3.8, 4) is 0 Å². The molecule has 4 rings (SSSR count). The van der Waals surface area contributed by atoms with Crippen LogP contribution in [0.3, 0.4) is 0 Å². The molecule has 3 heterocycles. The highest BCUT2D eigenvalue weighted by molar-refractivity contribution is 5.89. The Bertz CT molecular complexity index is 1240. The van der Waals surface area contributed by atoms with Crippen LogP contribution in [0.4, 0.5) is 10.6 Å². The lowest BCUT2D eigenvalue weighted by Crippen LogP contribution is -2.37. The highest BCUT2D eigenvalue weighted by Crippen LogP contribution is 2.33. The number of pyridine rings is 1. The maximum Gasteiger partial charge on any atom is 0.410 e. The van der Waals surface area contributed by atoms with Crippen molar-refractivity contribution in [2.24, 2.45) is 11.1 Å². The fourth-order valence-electron chi connectivity index (χ4n) is 4.46. The Labute approximate surface area is 216 Å². The van der Waals surface area contributed by atoms with Gasteiger partial charge >= 0.3 is 6.09 Å². The van der Waals surface area contributed by atoms with Crippen molar-refractivity contribution < 1.29 is 24.5 Å². The van der Waals surface area contributed by atoms with Crippen LogP contribution in [0, 0.1) is 5.41 Å². The number of imidazole rings is 1. The lowest BCUT2D eigenvalue weighted by atomic mass is 9.92. The summed E-state index contributed by atoms with van der Waals surface area (Å²) >= 11 is 0. The number of fused-ring (bicyclic) bond motifs is 3. The predicted octanol–water partition coefficient (Wildman–Crippen LogP) is 1.69. The molecule has 0 radical (unpaired) electrons. The second-order valence-corrected chi connectivity index (χ2v) is 9.74. The number of nitrogen functional groups attached to an aromatic ring is 1. The molecule has 0 spiro atoms. The molecule has 0 bridgehead atoms. The molecule has 11 heteroatoms. The SMILES string of the molecule is CCOCc1nc2c(N)nc3c(c2n1CC(C)(CO)CO)CCN(C(=O)OCc1ccc(CN)cc1)C3. The summed E-state index contributed by atoms with van der Waals surface area (Å²) in [6.07, 6.45) is 0.112. The number of amides is 1. The third-order valence-corrected chi connectivity index (χ3v) is 6.77. The van der Waals surface area contributed by atoms with Gasteiger partial charge in [-0.1, -0.05) is 31.2 Å². The van der Waals surface area contributed by atoms with E-state index in [-0.39, 0.29) is 38.8 Å². The zero-order valence-corrected chi connectivity index (χ0v) is 21.4. The number of carbonyl (C=O) groups is 1. The number of carbonyl (C=O) groups excluding carboxylic acids is 1. The van der Waals surface area contributed by atoms with E-state index in [0.29, 0.717) is 49.7 Å². The summed E-state index contributed by atoms with van der Waals surface area (Å²) in [4.78, 5) is 23.8. The highest BCUT2D eigenvalue weighted by Gasteiger charge is 2.31. The van der Waals surface area contributed by atoms with Crippen LogP contribution in [0.5, 0.6) is 0 Å². The molecule has 200 valence electrons. The zero-order valence-electron chi connectivity index (χ0n) is 21.4. The third kappa shape index (κ3) is 5.69. The Hall–Kier alpha value is -3.25. The van der Waals surface area contributed by atoms with Crippen LogP contribution in [0.2, 0.25) is 0 Å². The molecule has 37 heavy (non-hydrogen) atoms. The van der Waals surface area contributed by atoms with Crippen molar-refractivity contribution in [3.05, 3.63) is 52.5 Å². The van der Waals surface area contributed by atoms with Gasteiger partial charge in [0.1, 0.15) is 24.6 Å². The topological polar surface area (TPSA) is 162 Å². The predicted molar refractivity (Wildman–Crippen MR) is 138 cm³/mol. The molecule has 0 aliphatic carbocycles. The van der Waals surface area contributed by atoms with Crippen molar-refractivity contribution >= 4 is 22.9 Å². The van der Waals surface area contributed by atoms with E-state index in [1.54, 1.807) is 4.90 Å². The molecular formula is C26H36N6O5. The summed E-state index contributed by atoms with van der Waals surface area (Å²) in [5, 5.41) is 19.9. The minimum atomic E-state index is -0.771. The first-order chi connectivity index (χ1) is 17.8. The van der Waals surface area contributed by atoms with Crippen LogP contribution in [-0.2, 0) is 48.7 Å². The number of nitrogens with two attached hydrogens (primary N) is 2. The van der Waals surface area contributed by atoms with Gasteiger partial charge in [0, 0.05) is 37.2 Å². The van der Waals surface area contributed by atoms with E-state index in [2.05, 4.69) is 4.98 Å². The summed E-state index contributed by atoms with van der Waals surface area (Å²) in [5.74, 6) is 0.907. The average Bonchev–Trinajstić information content (AvgIpc) is 3.28. The van der Waals surface area contributed by atoms with E-state index in [9.17, 15) is 15.0 Å². The number of rotatable bonds is 10. The molecule has 0 saturated carbocycles. The summed E-state index contributed by atoms with van der Waals surface area (Å²) in [6, 6.07) is 7.63. The molecule has 1 amide bonds. The van der Waals surface area contributed by atoms with Crippen molar-refractivity contribution in [3.63, 3.8) is 0 Å². The average molecular weight is 513 g/mol. The highest BCUT2D eigenvalue weighted by atomic mass is 16.6. The lowest BCUT2D eigenvalue weighted by Gasteiger charge is -2.30. The Morgan fingerprint density at radius 2 is 1.84 bits per heavy atom. The Balaban J connectivity index is 1.60. The molecule has 6 N–H and O–H groups in total. The van der Waals surface area contributed by atoms with Crippen LogP contribution in [0.1, 0.15) is 42.1 Å². The summed E-state index contributed by atoms with van der Waals surface area (Å²) in [6.45, 7) is 5.73. The molecule has 0 saturated heterocycles. The number of aromatic nitrogens is 3. The largest absolute Gasteiger partial charge is 0.445 e. The van der Waals surface area contributed by atoms with Gasteiger partial charge in [0.2, 0.25) is 0 Å². The molecule has 2 aromatic heterocycles. The summed E-state index contributed by atoms with van der Waals surface area (Å²) in [7, 11) is 0. The first-order valence-electron chi connectivity index (χ1n) is 12.5. The first kappa shape index (κ1) is 26.8. The number of hydrogen-bond donors (Lipinski definition) is 4. The van der Waals surface area contributed by atoms with Gasteiger partial charge in [-0.15, -0.1) is 0 Å². The van der Waals surface area contributed by atoms with Gasteiger partial charge in [-0.25, -0.2) is 14.8 Å². The Morgan fingerprint density at radius 3 is 2.49 bits per heavy atom. The van der Waals surface area contributed by atoms with E-state index in [1.807, 2.05) is 42.7 Å². The number of aliphatic hydroxyl groups is 2. The number of benzene rings is 1.